The van der Waals surface area contributed by atoms with Gasteiger partial charge in [-0.3, -0.25) is 19.6 Å². The molecule has 1 aromatic heterocycles. The molecule has 1 saturated carbocycles. The van der Waals surface area contributed by atoms with Gasteiger partial charge >= 0.3 is 5.97 Å². The Balaban J connectivity index is 1.39. The van der Waals surface area contributed by atoms with Gasteiger partial charge in [0.25, 0.3) is 0 Å². The highest BCUT2D eigenvalue weighted by atomic mass is 16.5. The van der Waals surface area contributed by atoms with Gasteiger partial charge in [0.1, 0.15) is 0 Å². The lowest BCUT2D eigenvalue weighted by Crippen LogP contribution is -2.59. The summed E-state index contributed by atoms with van der Waals surface area (Å²) < 4.78 is 6.01. The van der Waals surface area contributed by atoms with Crippen LogP contribution in [0.2, 0.25) is 0 Å². The van der Waals surface area contributed by atoms with Gasteiger partial charge in [-0.15, -0.1) is 0 Å². The zero-order chi connectivity index (χ0) is 18.7. The molecule has 0 unspecified atom stereocenters. The van der Waals surface area contributed by atoms with Crippen LogP contribution in [0, 0.1) is 5.41 Å². The van der Waals surface area contributed by atoms with Gasteiger partial charge in [-0.1, -0.05) is 0 Å². The number of hydrogen-bond acceptors (Lipinski definition) is 5. The second-order valence-corrected chi connectivity index (χ2v) is 8.75. The molecule has 1 aromatic rings. The normalized spacial score (nSPS) is 25.6. The fraction of sp³-hybridized carbons (Fsp3) is 0.714. The summed E-state index contributed by atoms with van der Waals surface area (Å²) in [6.45, 7) is 6.60. The maximum absolute atomic E-state index is 11.3. The van der Waals surface area contributed by atoms with E-state index >= 15 is 0 Å². The summed E-state index contributed by atoms with van der Waals surface area (Å²) in [6.07, 6.45) is 9.45. The molecule has 3 fully saturated rings. The number of carbonyl (C=O) groups is 1. The first-order chi connectivity index (χ1) is 13.1. The van der Waals surface area contributed by atoms with Crippen LogP contribution in [-0.2, 0) is 16.1 Å². The first-order valence-electron chi connectivity index (χ1n) is 10.3. The third-order valence-corrected chi connectivity index (χ3v) is 6.93. The average Bonchev–Trinajstić information content (AvgIpc) is 2.82. The first kappa shape index (κ1) is 18.8. The molecule has 3 aliphatic rings. The molecular formula is C21H31N3O3. The predicted octanol–water partition coefficient (Wildman–Crippen LogP) is 2.39. The molecule has 2 saturated heterocycles. The van der Waals surface area contributed by atoms with Crippen molar-refractivity contribution in [1.29, 1.82) is 0 Å². The molecule has 27 heavy (non-hydrogen) atoms. The van der Waals surface area contributed by atoms with E-state index in [9.17, 15) is 9.90 Å². The highest BCUT2D eigenvalue weighted by Crippen LogP contribution is 2.45. The van der Waals surface area contributed by atoms with Crippen molar-refractivity contribution in [1.82, 2.24) is 14.8 Å². The Bertz CT molecular complexity index is 639. The summed E-state index contributed by atoms with van der Waals surface area (Å²) in [4.78, 5) is 20.5. The van der Waals surface area contributed by atoms with E-state index in [0.717, 1.165) is 78.0 Å². The number of hydrogen-bond donors (Lipinski definition) is 1. The molecule has 148 valence electrons. The van der Waals surface area contributed by atoms with Crippen LogP contribution in [-0.4, -0.2) is 70.8 Å². The molecule has 2 aliphatic heterocycles. The van der Waals surface area contributed by atoms with Crippen molar-refractivity contribution in [2.75, 3.05) is 39.4 Å². The number of aromatic nitrogens is 1. The lowest BCUT2D eigenvalue weighted by atomic mass is 9.70. The van der Waals surface area contributed by atoms with Crippen LogP contribution in [0.25, 0.3) is 0 Å². The van der Waals surface area contributed by atoms with Gasteiger partial charge in [-0.05, 0) is 62.9 Å². The molecule has 0 aromatic carbocycles. The SMILES string of the molecule is O=C(O)CC1(N2CCC3(CC2)COCCN(Cc2ccncc2)C3)CCC1. The van der Waals surface area contributed by atoms with Crippen LogP contribution < -0.4 is 0 Å². The van der Waals surface area contributed by atoms with Crippen LogP contribution >= 0.6 is 0 Å². The first-order valence-corrected chi connectivity index (χ1v) is 10.3. The minimum absolute atomic E-state index is 0.0737. The van der Waals surface area contributed by atoms with Gasteiger partial charge in [0, 0.05) is 43.0 Å². The highest BCUT2D eigenvalue weighted by molar-refractivity contribution is 5.68. The summed E-state index contributed by atoms with van der Waals surface area (Å²) in [6, 6.07) is 4.18. The number of piperidine rings is 1. The maximum Gasteiger partial charge on any atom is 0.305 e. The van der Waals surface area contributed by atoms with Crippen LogP contribution in [0.15, 0.2) is 24.5 Å². The average molecular weight is 373 g/mol. The number of pyridine rings is 1. The van der Waals surface area contributed by atoms with Crippen molar-refractivity contribution in [2.45, 2.75) is 50.6 Å². The molecule has 1 spiro atoms. The smallest absolute Gasteiger partial charge is 0.305 e. The topological polar surface area (TPSA) is 65.9 Å². The Labute approximate surface area is 161 Å². The third kappa shape index (κ3) is 4.18. The van der Waals surface area contributed by atoms with Gasteiger partial charge in [-0.25, -0.2) is 0 Å². The van der Waals surface area contributed by atoms with E-state index < -0.39 is 5.97 Å². The predicted molar refractivity (Wildman–Crippen MR) is 102 cm³/mol. The number of carboxylic acids is 1. The minimum Gasteiger partial charge on any atom is -0.481 e. The Kier molecular flexibility index (Phi) is 5.48. The van der Waals surface area contributed by atoms with Crippen LogP contribution in [0.3, 0.4) is 0 Å². The number of likely N-dealkylation sites (tertiary alicyclic amines) is 1. The van der Waals surface area contributed by atoms with Gasteiger partial charge < -0.3 is 9.84 Å². The molecule has 0 bridgehead atoms. The van der Waals surface area contributed by atoms with Crippen molar-refractivity contribution < 1.29 is 14.6 Å². The monoisotopic (exact) mass is 373 g/mol. The molecule has 0 radical (unpaired) electrons. The van der Waals surface area contributed by atoms with E-state index in [-0.39, 0.29) is 11.0 Å². The van der Waals surface area contributed by atoms with E-state index in [1.807, 2.05) is 12.4 Å². The lowest BCUT2D eigenvalue weighted by Gasteiger charge is -2.54. The van der Waals surface area contributed by atoms with Gasteiger partial charge in [0.15, 0.2) is 0 Å². The van der Waals surface area contributed by atoms with Crippen molar-refractivity contribution in [3.63, 3.8) is 0 Å². The fourth-order valence-corrected chi connectivity index (χ4v) is 5.19. The van der Waals surface area contributed by atoms with E-state index in [0.29, 0.717) is 6.42 Å². The standard InChI is InChI=1S/C21H31N3O3/c25-19(26)14-21(4-1-5-21)24-10-6-20(7-11-24)16-23(12-13-27-17-20)15-18-2-8-22-9-3-18/h2-3,8-9H,1,4-7,10-17H2,(H,25,26). The summed E-state index contributed by atoms with van der Waals surface area (Å²) in [7, 11) is 0. The fourth-order valence-electron chi connectivity index (χ4n) is 5.19. The summed E-state index contributed by atoms with van der Waals surface area (Å²) in [5.41, 5.74) is 1.43. The van der Waals surface area contributed by atoms with E-state index in [4.69, 9.17) is 4.74 Å². The van der Waals surface area contributed by atoms with E-state index in [1.54, 1.807) is 0 Å². The van der Waals surface area contributed by atoms with E-state index in [1.165, 1.54) is 5.56 Å². The van der Waals surface area contributed by atoms with Crippen LogP contribution in [0.5, 0.6) is 0 Å². The Morgan fingerprint density at radius 2 is 1.89 bits per heavy atom. The van der Waals surface area contributed by atoms with Gasteiger partial charge in [0.2, 0.25) is 0 Å². The second-order valence-electron chi connectivity index (χ2n) is 8.75. The molecule has 1 N–H and O–H groups in total. The summed E-state index contributed by atoms with van der Waals surface area (Å²) >= 11 is 0. The molecule has 0 amide bonds. The van der Waals surface area contributed by atoms with Crippen LogP contribution in [0.4, 0.5) is 0 Å². The van der Waals surface area contributed by atoms with Gasteiger partial charge in [-0.2, -0.15) is 0 Å². The largest absolute Gasteiger partial charge is 0.481 e. The zero-order valence-electron chi connectivity index (χ0n) is 16.1. The molecule has 4 rings (SSSR count). The van der Waals surface area contributed by atoms with Crippen molar-refractivity contribution in [3.05, 3.63) is 30.1 Å². The van der Waals surface area contributed by atoms with Crippen molar-refractivity contribution in [2.24, 2.45) is 5.41 Å². The number of carboxylic acid groups (broad SMARTS) is 1. The van der Waals surface area contributed by atoms with Gasteiger partial charge in [0.05, 0.1) is 19.6 Å². The highest BCUT2D eigenvalue weighted by Gasteiger charge is 2.48. The molecule has 6 nitrogen and oxygen atoms in total. The number of ether oxygens (including phenoxy) is 1. The third-order valence-electron chi connectivity index (χ3n) is 6.93. The summed E-state index contributed by atoms with van der Waals surface area (Å²) in [5, 5.41) is 9.34. The Hall–Kier alpha value is -1.50. The number of nitrogens with zero attached hydrogens (tertiary/aromatic N) is 3. The molecule has 6 heteroatoms. The number of aliphatic carboxylic acids is 1. The van der Waals surface area contributed by atoms with Crippen LogP contribution in [0.1, 0.15) is 44.1 Å². The van der Waals surface area contributed by atoms with E-state index in [2.05, 4.69) is 26.9 Å². The minimum atomic E-state index is -0.656. The molecule has 3 heterocycles. The maximum atomic E-state index is 11.3. The lowest BCUT2D eigenvalue weighted by molar-refractivity contribution is -0.144. The molecule has 0 atom stereocenters. The second kappa shape index (κ2) is 7.86. The Morgan fingerprint density at radius 1 is 1.15 bits per heavy atom. The zero-order valence-corrected chi connectivity index (χ0v) is 16.1. The van der Waals surface area contributed by atoms with Crippen molar-refractivity contribution >= 4 is 5.97 Å². The quantitative estimate of drug-likeness (QED) is 0.855. The van der Waals surface area contributed by atoms with Crippen molar-refractivity contribution in [3.8, 4) is 0 Å². The molecular weight excluding hydrogens is 342 g/mol. The Morgan fingerprint density at radius 3 is 2.52 bits per heavy atom. The summed E-state index contributed by atoms with van der Waals surface area (Å²) in [5.74, 6) is -0.656. The molecule has 1 aliphatic carbocycles. The number of rotatable bonds is 5.